The third-order valence-electron chi connectivity index (χ3n) is 2.95. The molecule has 1 saturated heterocycles. The Labute approximate surface area is 111 Å². The lowest BCUT2D eigenvalue weighted by molar-refractivity contribution is 0.255. The highest BCUT2D eigenvalue weighted by atomic mass is 32.2. The van der Waals surface area contributed by atoms with E-state index >= 15 is 0 Å². The van der Waals surface area contributed by atoms with Crippen LogP contribution in [0.5, 0.6) is 0 Å². The third kappa shape index (κ3) is 3.39. The summed E-state index contributed by atoms with van der Waals surface area (Å²) in [5.41, 5.74) is 6.22. The largest absolute Gasteiger partial charge is 0.396 e. The summed E-state index contributed by atoms with van der Waals surface area (Å²) in [6.07, 6.45) is 4.66. The number of nitrogens with two attached hydrogens (primary N) is 1. The first-order chi connectivity index (χ1) is 8.47. The molecule has 2 heterocycles. The lowest BCUT2D eigenvalue weighted by atomic mass is 10.4. The zero-order valence-corrected chi connectivity index (χ0v) is 12.0. The predicted molar refractivity (Wildman–Crippen MR) is 74.2 cm³/mol. The van der Waals surface area contributed by atoms with Gasteiger partial charge >= 0.3 is 0 Å². The Morgan fingerprint density at radius 1 is 1.56 bits per heavy atom. The molecule has 0 aromatic carbocycles. The monoisotopic (exact) mass is 290 g/mol. The Kier molecular flexibility index (Phi) is 4.18. The summed E-state index contributed by atoms with van der Waals surface area (Å²) in [6, 6.07) is 0. The molecule has 0 bridgehead atoms. The van der Waals surface area contributed by atoms with Crippen LogP contribution in [0, 0.1) is 0 Å². The van der Waals surface area contributed by atoms with E-state index in [1.807, 2.05) is 4.90 Å². The van der Waals surface area contributed by atoms with Gasteiger partial charge in [0.2, 0.25) is 0 Å². The van der Waals surface area contributed by atoms with Gasteiger partial charge in [0.1, 0.15) is 5.37 Å². The van der Waals surface area contributed by atoms with E-state index in [4.69, 9.17) is 5.73 Å². The molecule has 2 N–H and O–H groups in total. The second-order valence-corrected chi connectivity index (χ2v) is 7.78. The number of hydrogen-bond acceptors (Lipinski definition) is 6. The van der Waals surface area contributed by atoms with Crippen LogP contribution in [0.15, 0.2) is 12.4 Å². The number of rotatable bonds is 4. The molecule has 1 atom stereocenters. The van der Waals surface area contributed by atoms with Crippen LogP contribution in [-0.4, -0.2) is 59.3 Å². The topological polar surface area (TPSA) is 81.2 Å². The van der Waals surface area contributed by atoms with E-state index in [0.717, 1.165) is 12.3 Å². The quantitative estimate of drug-likeness (QED) is 0.833. The molecule has 0 radical (unpaired) electrons. The second-order valence-electron chi connectivity index (χ2n) is 4.43. The average molecular weight is 290 g/mol. The van der Waals surface area contributed by atoms with Crippen molar-refractivity contribution in [1.82, 2.24) is 14.7 Å². The van der Waals surface area contributed by atoms with Crippen molar-refractivity contribution in [3.63, 3.8) is 0 Å². The Morgan fingerprint density at radius 2 is 2.33 bits per heavy atom. The van der Waals surface area contributed by atoms with Gasteiger partial charge in [-0.2, -0.15) is 16.9 Å². The zero-order valence-electron chi connectivity index (χ0n) is 10.3. The number of sulfone groups is 1. The lowest BCUT2D eigenvalue weighted by Crippen LogP contribution is -2.47. The van der Waals surface area contributed by atoms with Crippen LogP contribution < -0.4 is 5.73 Å². The number of nitrogen functional groups attached to an aromatic ring is 1. The highest BCUT2D eigenvalue weighted by Gasteiger charge is 2.30. The number of anilines is 1. The summed E-state index contributed by atoms with van der Waals surface area (Å²) in [5, 5.41) is 3.73. The summed E-state index contributed by atoms with van der Waals surface area (Å²) in [6.45, 7) is 2.15. The van der Waals surface area contributed by atoms with Gasteiger partial charge in [0.15, 0.2) is 9.84 Å². The van der Waals surface area contributed by atoms with Crippen LogP contribution in [0.4, 0.5) is 5.69 Å². The first kappa shape index (κ1) is 13.7. The molecule has 0 amide bonds. The smallest absolute Gasteiger partial charge is 0.164 e. The fourth-order valence-electron chi connectivity index (χ4n) is 2.00. The average Bonchev–Trinajstić information content (AvgIpc) is 2.72. The maximum Gasteiger partial charge on any atom is 0.164 e. The van der Waals surface area contributed by atoms with Gasteiger partial charge in [0.25, 0.3) is 0 Å². The maximum atomic E-state index is 11.7. The lowest BCUT2D eigenvalue weighted by Gasteiger charge is -2.33. The number of thioether (sulfide) groups is 1. The van der Waals surface area contributed by atoms with Crippen LogP contribution in [0.2, 0.25) is 0 Å². The van der Waals surface area contributed by atoms with Crippen molar-refractivity contribution in [3.8, 4) is 0 Å². The van der Waals surface area contributed by atoms with E-state index in [1.165, 1.54) is 6.26 Å². The molecule has 1 aliphatic rings. The van der Waals surface area contributed by atoms with Gasteiger partial charge < -0.3 is 5.73 Å². The minimum absolute atomic E-state index is 0.371. The van der Waals surface area contributed by atoms with Crippen molar-refractivity contribution in [2.45, 2.75) is 11.9 Å². The number of nitrogens with zero attached hydrogens (tertiary/aromatic N) is 3. The molecule has 1 aromatic rings. The van der Waals surface area contributed by atoms with Crippen LogP contribution in [0.3, 0.4) is 0 Å². The molecule has 6 nitrogen and oxygen atoms in total. The first-order valence-corrected chi connectivity index (χ1v) is 8.86. The summed E-state index contributed by atoms with van der Waals surface area (Å²) in [5.74, 6) is 1.63. The molecule has 8 heteroatoms. The Hall–Kier alpha value is -0.730. The van der Waals surface area contributed by atoms with E-state index in [1.54, 1.807) is 28.8 Å². The summed E-state index contributed by atoms with van der Waals surface area (Å²) >= 11 is 1.70. The van der Waals surface area contributed by atoms with Crippen molar-refractivity contribution in [2.75, 3.05) is 36.6 Å². The number of hydrogen-bond donors (Lipinski definition) is 1. The summed E-state index contributed by atoms with van der Waals surface area (Å²) < 4.78 is 25.2. The van der Waals surface area contributed by atoms with E-state index in [2.05, 4.69) is 5.10 Å². The fraction of sp³-hybridized carbons (Fsp3) is 0.700. The minimum atomic E-state index is -3.02. The van der Waals surface area contributed by atoms with Crippen LogP contribution in [0.1, 0.15) is 0 Å². The molecular weight excluding hydrogens is 272 g/mol. The molecule has 0 spiro atoms. The number of aromatic nitrogens is 2. The molecule has 18 heavy (non-hydrogen) atoms. The van der Waals surface area contributed by atoms with Crippen LogP contribution >= 0.6 is 11.8 Å². The van der Waals surface area contributed by atoms with E-state index in [9.17, 15) is 8.42 Å². The van der Waals surface area contributed by atoms with Crippen LogP contribution in [0.25, 0.3) is 0 Å². The van der Waals surface area contributed by atoms with E-state index in [0.29, 0.717) is 24.5 Å². The predicted octanol–water partition coefficient (Wildman–Crippen LogP) is -0.115. The summed E-state index contributed by atoms with van der Waals surface area (Å²) in [4.78, 5) is 2.02. The first-order valence-electron chi connectivity index (χ1n) is 5.75. The van der Waals surface area contributed by atoms with E-state index < -0.39 is 9.84 Å². The van der Waals surface area contributed by atoms with Crippen molar-refractivity contribution >= 4 is 27.3 Å². The fourth-order valence-corrected chi connectivity index (χ4v) is 4.97. The van der Waals surface area contributed by atoms with Gasteiger partial charge in [-0.3, -0.25) is 9.58 Å². The van der Waals surface area contributed by atoms with Crippen molar-refractivity contribution < 1.29 is 8.42 Å². The van der Waals surface area contributed by atoms with E-state index in [-0.39, 0.29) is 5.37 Å². The molecule has 102 valence electrons. The molecule has 0 saturated carbocycles. The molecule has 1 aromatic heterocycles. The minimum Gasteiger partial charge on any atom is -0.396 e. The van der Waals surface area contributed by atoms with Crippen molar-refractivity contribution in [2.24, 2.45) is 0 Å². The van der Waals surface area contributed by atoms with Crippen molar-refractivity contribution in [3.05, 3.63) is 12.4 Å². The van der Waals surface area contributed by atoms with Gasteiger partial charge in [-0.25, -0.2) is 8.42 Å². The Morgan fingerprint density at radius 3 is 2.94 bits per heavy atom. The molecule has 2 rings (SSSR count). The van der Waals surface area contributed by atoms with Gasteiger partial charge in [0.05, 0.1) is 18.4 Å². The van der Waals surface area contributed by atoms with Gasteiger partial charge in [-0.15, -0.1) is 0 Å². The Balaban J connectivity index is 1.98. The van der Waals surface area contributed by atoms with Gasteiger partial charge in [-0.1, -0.05) is 0 Å². The second kappa shape index (κ2) is 5.50. The molecule has 1 fully saturated rings. The molecule has 0 aliphatic carbocycles. The summed E-state index contributed by atoms with van der Waals surface area (Å²) in [7, 11) is -3.02. The normalized spacial score (nSPS) is 22.2. The van der Waals surface area contributed by atoms with Crippen LogP contribution in [-0.2, 0) is 16.4 Å². The molecule has 1 unspecified atom stereocenters. The Bertz CT molecular complexity index is 500. The SMILES string of the molecule is CS(=O)(=O)C1CSCCN1CCn1cc(N)cn1. The standard InChI is InChI=1S/C10H18N4O2S2/c1-18(15,16)10-8-17-5-4-13(10)2-3-14-7-9(11)6-12-14/h6-7,10H,2-5,8,11H2,1H3. The molecule has 1 aliphatic heterocycles. The maximum absolute atomic E-state index is 11.7. The van der Waals surface area contributed by atoms with Crippen molar-refractivity contribution in [1.29, 1.82) is 0 Å². The third-order valence-corrected chi connectivity index (χ3v) is 5.64. The zero-order chi connectivity index (χ0) is 13.2. The molecular formula is C10H18N4O2S2. The highest BCUT2D eigenvalue weighted by molar-refractivity contribution is 8.00. The van der Waals surface area contributed by atoms with Gasteiger partial charge in [-0.05, 0) is 0 Å². The van der Waals surface area contributed by atoms with Gasteiger partial charge in [0, 0.05) is 37.0 Å². The highest BCUT2D eigenvalue weighted by Crippen LogP contribution is 2.20.